The van der Waals surface area contributed by atoms with Gasteiger partial charge in [0.1, 0.15) is 0 Å². The normalized spacial score (nSPS) is 10.4. The molecule has 0 aliphatic rings. The maximum absolute atomic E-state index is 5.61. The summed E-state index contributed by atoms with van der Waals surface area (Å²) < 4.78 is 0. The van der Waals surface area contributed by atoms with Crippen molar-refractivity contribution in [2.24, 2.45) is 0 Å². The van der Waals surface area contributed by atoms with Gasteiger partial charge in [0.25, 0.3) is 0 Å². The molecule has 0 aliphatic heterocycles. The second kappa shape index (κ2) is 7.87. The van der Waals surface area contributed by atoms with Crippen molar-refractivity contribution in [3.8, 4) is 0 Å². The highest BCUT2D eigenvalue weighted by Gasteiger charge is 1.92. The van der Waals surface area contributed by atoms with Crippen molar-refractivity contribution >= 4 is 11.6 Å². The molecule has 0 saturated heterocycles. The molecule has 0 fully saturated rings. The van der Waals surface area contributed by atoms with Crippen LogP contribution in [0.1, 0.15) is 37.7 Å². The van der Waals surface area contributed by atoms with Crippen molar-refractivity contribution in [3.63, 3.8) is 0 Å². The maximum atomic E-state index is 5.61. The Bertz CT molecular complexity index is 218. The summed E-state index contributed by atoms with van der Waals surface area (Å²) in [4.78, 5) is 0. The summed E-state index contributed by atoms with van der Waals surface area (Å²) in [7, 11) is 0. The number of benzene rings is 1. The third-order valence-electron chi connectivity index (χ3n) is 2.44. The Hall–Kier alpha value is -0.490. The Morgan fingerprint density at radius 2 is 1.43 bits per heavy atom. The topological polar surface area (TPSA) is 0 Å². The van der Waals surface area contributed by atoms with Gasteiger partial charge in [-0.1, -0.05) is 49.6 Å². The van der Waals surface area contributed by atoms with Crippen LogP contribution >= 0.6 is 11.6 Å². The molecule has 0 heterocycles. The van der Waals surface area contributed by atoms with Crippen LogP contribution in [0.5, 0.6) is 0 Å². The van der Waals surface area contributed by atoms with Gasteiger partial charge in [0.2, 0.25) is 0 Å². The molecule has 0 saturated carbocycles. The van der Waals surface area contributed by atoms with Gasteiger partial charge in [-0.3, -0.25) is 0 Å². The lowest BCUT2D eigenvalue weighted by atomic mass is 10.1. The highest BCUT2D eigenvalue weighted by molar-refractivity contribution is 6.17. The minimum absolute atomic E-state index is 0.818. The van der Waals surface area contributed by atoms with Gasteiger partial charge in [-0.15, -0.1) is 11.6 Å². The molecule has 1 heteroatoms. The lowest BCUT2D eigenvalue weighted by Gasteiger charge is -2.01. The van der Waals surface area contributed by atoms with Crippen LogP contribution in [0.3, 0.4) is 0 Å². The van der Waals surface area contributed by atoms with E-state index in [0.717, 1.165) is 5.88 Å². The number of alkyl halides is 1. The number of halogens is 1. The van der Waals surface area contributed by atoms with Crippen molar-refractivity contribution in [1.29, 1.82) is 0 Å². The number of hydrogen-bond acceptors (Lipinski definition) is 0. The van der Waals surface area contributed by atoms with E-state index >= 15 is 0 Å². The Morgan fingerprint density at radius 1 is 0.786 bits per heavy atom. The first-order chi connectivity index (χ1) is 6.93. The zero-order chi connectivity index (χ0) is 10.1. The van der Waals surface area contributed by atoms with Crippen molar-refractivity contribution in [1.82, 2.24) is 0 Å². The maximum Gasteiger partial charge on any atom is 0.0223 e. The largest absolute Gasteiger partial charge is 0.127 e. The molecule has 0 unspecified atom stereocenters. The number of rotatable bonds is 7. The lowest BCUT2D eigenvalue weighted by molar-refractivity contribution is 0.634. The molecule has 0 nitrogen and oxygen atoms in total. The predicted octanol–water partition coefficient (Wildman–Crippen LogP) is 4.42. The minimum Gasteiger partial charge on any atom is -0.127 e. The molecule has 0 atom stereocenters. The first-order valence-corrected chi connectivity index (χ1v) is 6.07. The predicted molar refractivity (Wildman–Crippen MR) is 64.0 cm³/mol. The van der Waals surface area contributed by atoms with Crippen LogP contribution in [-0.2, 0) is 6.42 Å². The summed E-state index contributed by atoms with van der Waals surface area (Å²) in [5, 5.41) is 0. The molecule has 0 aliphatic carbocycles. The third kappa shape index (κ3) is 5.29. The van der Waals surface area contributed by atoms with E-state index in [1.54, 1.807) is 0 Å². The van der Waals surface area contributed by atoms with Gasteiger partial charge in [0.15, 0.2) is 0 Å². The third-order valence-corrected chi connectivity index (χ3v) is 2.71. The van der Waals surface area contributed by atoms with Crippen LogP contribution in [0.15, 0.2) is 30.3 Å². The first-order valence-electron chi connectivity index (χ1n) is 5.53. The first kappa shape index (κ1) is 11.6. The van der Waals surface area contributed by atoms with Gasteiger partial charge in [-0.05, 0) is 24.8 Å². The van der Waals surface area contributed by atoms with Crippen LogP contribution in [0.4, 0.5) is 0 Å². The van der Waals surface area contributed by atoms with Crippen LogP contribution < -0.4 is 0 Å². The van der Waals surface area contributed by atoms with E-state index in [4.69, 9.17) is 11.6 Å². The minimum atomic E-state index is 0.818. The van der Waals surface area contributed by atoms with Gasteiger partial charge in [-0.25, -0.2) is 0 Å². The number of unbranched alkanes of at least 4 members (excludes halogenated alkanes) is 4. The smallest absolute Gasteiger partial charge is 0.0223 e. The molecule has 0 radical (unpaired) electrons. The van der Waals surface area contributed by atoms with E-state index in [2.05, 4.69) is 30.3 Å². The summed E-state index contributed by atoms with van der Waals surface area (Å²) in [5.74, 6) is 0.818. The van der Waals surface area contributed by atoms with E-state index in [9.17, 15) is 0 Å². The number of hydrogen-bond donors (Lipinski definition) is 0. The molecule has 78 valence electrons. The summed E-state index contributed by atoms with van der Waals surface area (Å²) in [6.45, 7) is 0. The van der Waals surface area contributed by atoms with Crippen molar-refractivity contribution < 1.29 is 0 Å². The Balaban J connectivity index is 1.99. The fraction of sp³-hybridized carbons (Fsp3) is 0.538. The van der Waals surface area contributed by atoms with Gasteiger partial charge in [0, 0.05) is 5.88 Å². The van der Waals surface area contributed by atoms with E-state index < -0.39 is 0 Å². The standard InChI is InChI=1S/C13H19Cl/c14-12-8-3-1-2-5-9-13-10-6-4-7-11-13/h4,6-7,10-11H,1-3,5,8-9,12H2. The molecule has 0 spiro atoms. The van der Waals surface area contributed by atoms with E-state index in [1.807, 2.05) is 0 Å². The summed E-state index contributed by atoms with van der Waals surface area (Å²) in [6, 6.07) is 10.7. The molecule has 1 aromatic rings. The average Bonchev–Trinajstić information content (AvgIpc) is 2.25. The molecule has 0 aromatic heterocycles. The quantitative estimate of drug-likeness (QED) is 0.462. The van der Waals surface area contributed by atoms with Gasteiger partial charge >= 0.3 is 0 Å². The van der Waals surface area contributed by atoms with Crippen molar-refractivity contribution in [3.05, 3.63) is 35.9 Å². The van der Waals surface area contributed by atoms with Gasteiger partial charge in [0.05, 0.1) is 0 Å². The fourth-order valence-corrected chi connectivity index (χ4v) is 1.79. The van der Waals surface area contributed by atoms with E-state index in [1.165, 1.54) is 44.1 Å². The zero-order valence-electron chi connectivity index (χ0n) is 8.71. The molecule has 0 amide bonds. The zero-order valence-corrected chi connectivity index (χ0v) is 9.47. The highest BCUT2D eigenvalue weighted by atomic mass is 35.5. The molecule has 0 bridgehead atoms. The summed E-state index contributed by atoms with van der Waals surface area (Å²) in [5.41, 5.74) is 1.46. The van der Waals surface area contributed by atoms with Crippen molar-refractivity contribution in [2.45, 2.75) is 38.5 Å². The monoisotopic (exact) mass is 210 g/mol. The van der Waals surface area contributed by atoms with Gasteiger partial charge in [-0.2, -0.15) is 0 Å². The summed E-state index contributed by atoms with van der Waals surface area (Å²) >= 11 is 5.61. The molecule has 14 heavy (non-hydrogen) atoms. The van der Waals surface area contributed by atoms with Crippen LogP contribution in [-0.4, -0.2) is 5.88 Å². The summed E-state index contributed by atoms with van der Waals surface area (Å²) in [6.07, 6.45) is 7.67. The average molecular weight is 211 g/mol. The SMILES string of the molecule is ClCCCCCCCc1ccccc1. The van der Waals surface area contributed by atoms with E-state index in [-0.39, 0.29) is 0 Å². The van der Waals surface area contributed by atoms with Crippen LogP contribution in [0, 0.1) is 0 Å². The number of aryl methyl sites for hydroxylation is 1. The molecular weight excluding hydrogens is 192 g/mol. The second-order valence-corrected chi connectivity index (χ2v) is 4.07. The van der Waals surface area contributed by atoms with Crippen molar-refractivity contribution in [2.75, 3.05) is 5.88 Å². The Morgan fingerprint density at radius 3 is 2.14 bits per heavy atom. The fourth-order valence-electron chi connectivity index (χ4n) is 1.60. The second-order valence-electron chi connectivity index (χ2n) is 3.69. The Labute approximate surface area is 92.3 Å². The Kier molecular flexibility index (Phi) is 6.51. The lowest BCUT2D eigenvalue weighted by Crippen LogP contribution is -1.85. The molecule has 1 rings (SSSR count). The molecule has 1 aromatic carbocycles. The van der Waals surface area contributed by atoms with Gasteiger partial charge < -0.3 is 0 Å². The highest BCUT2D eigenvalue weighted by Crippen LogP contribution is 2.08. The molecule has 0 N–H and O–H groups in total. The van der Waals surface area contributed by atoms with E-state index in [0.29, 0.717) is 0 Å². The van der Waals surface area contributed by atoms with Crippen LogP contribution in [0.2, 0.25) is 0 Å². The van der Waals surface area contributed by atoms with Crippen LogP contribution in [0.25, 0.3) is 0 Å². The molecular formula is C13H19Cl.